The summed E-state index contributed by atoms with van der Waals surface area (Å²) >= 11 is 0. The van der Waals surface area contributed by atoms with Crippen LogP contribution in [0.1, 0.15) is 11.1 Å². The Bertz CT molecular complexity index is 820. The molecule has 0 fully saturated rings. The zero-order chi connectivity index (χ0) is 21.2. The second kappa shape index (κ2) is 8.32. The summed E-state index contributed by atoms with van der Waals surface area (Å²) < 4.78 is 110. The molecule has 0 bridgehead atoms. The van der Waals surface area contributed by atoms with Gasteiger partial charge in [0.1, 0.15) is 11.4 Å². The van der Waals surface area contributed by atoms with E-state index in [1.54, 1.807) is 0 Å². The summed E-state index contributed by atoms with van der Waals surface area (Å²) in [5, 5.41) is 4.00. The fraction of sp³-hybridized carbons (Fsp3) is 0.111. The average molecular weight is 408 g/mol. The first kappa shape index (κ1) is 21.3. The molecule has 0 amide bonds. The third-order valence-electron chi connectivity index (χ3n) is 3.73. The van der Waals surface area contributed by atoms with Crippen LogP contribution in [0.15, 0.2) is 13.2 Å². The topological polar surface area (TPSA) is 24.1 Å². The number of halogens is 8. The number of rotatable bonds is 7. The van der Waals surface area contributed by atoms with Crippen molar-refractivity contribution in [3.63, 3.8) is 0 Å². The first-order chi connectivity index (χ1) is 13.2. The number of anilines is 2. The monoisotopic (exact) mass is 408 g/mol. The van der Waals surface area contributed by atoms with Gasteiger partial charge >= 0.3 is 0 Å². The van der Waals surface area contributed by atoms with Gasteiger partial charge in [-0.25, -0.2) is 35.1 Å². The zero-order valence-corrected chi connectivity index (χ0v) is 14.0. The molecule has 2 nitrogen and oxygen atoms in total. The van der Waals surface area contributed by atoms with Crippen molar-refractivity contribution in [3.8, 4) is 0 Å². The van der Waals surface area contributed by atoms with Gasteiger partial charge in [0.05, 0.1) is 11.1 Å². The van der Waals surface area contributed by atoms with E-state index in [-0.39, 0.29) is 0 Å². The van der Waals surface area contributed by atoms with Crippen molar-refractivity contribution in [2.45, 2.75) is 0 Å². The minimum atomic E-state index is -1.74. The van der Waals surface area contributed by atoms with Crippen molar-refractivity contribution in [3.05, 3.63) is 70.8 Å². The smallest absolute Gasteiger partial charge is 0.185 e. The largest absolute Gasteiger partial charge is 0.378 e. The summed E-state index contributed by atoms with van der Waals surface area (Å²) in [7, 11) is 0. The first-order valence-electron chi connectivity index (χ1n) is 7.61. The Morgan fingerprint density at radius 3 is 0.964 bits per heavy atom. The second-order valence-corrected chi connectivity index (χ2v) is 5.35. The van der Waals surface area contributed by atoms with Crippen molar-refractivity contribution in [1.29, 1.82) is 0 Å². The molecule has 0 radical (unpaired) electrons. The summed E-state index contributed by atoms with van der Waals surface area (Å²) in [6.45, 7) is 5.02. The molecule has 0 aromatic heterocycles. The molecule has 0 aliphatic heterocycles. The Kier molecular flexibility index (Phi) is 6.32. The van der Waals surface area contributed by atoms with Gasteiger partial charge in [0.25, 0.3) is 0 Å². The molecule has 0 aliphatic carbocycles. The van der Waals surface area contributed by atoms with E-state index in [0.29, 0.717) is 12.2 Å². The van der Waals surface area contributed by atoms with Crippen LogP contribution in [0.25, 0.3) is 12.2 Å². The SMILES string of the molecule is C=Cc1c(F)c(F)c(NCCNc2c(F)c(F)c(C=C)c(F)c2F)c(F)c1F. The third kappa shape index (κ3) is 3.54. The van der Waals surface area contributed by atoms with Gasteiger partial charge in [-0.3, -0.25) is 0 Å². The van der Waals surface area contributed by atoms with Crippen LogP contribution in [0.5, 0.6) is 0 Å². The standard InChI is InChI=1S/C18H12F8N2/c1-3-7-9(19)13(23)17(14(24)10(7)20)27-5-6-28-18-15(25)11(21)8(4-2)12(22)16(18)26/h3-4,27-28H,1-2,5-6H2. The van der Waals surface area contributed by atoms with Gasteiger partial charge < -0.3 is 10.6 Å². The van der Waals surface area contributed by atoms with Gasteiger partial charge in [-0.1, -0.05) is 25.3 Å². The molecule has 150 valence electrons. The van der Waals surface area contributed by atoms with Crippen molar-refractivity contribution in [1.82, 2.24) is 0 Å². The summed E-state index contributed by atoms with van der Waals surface area (Å²) in [4.78, 5) is 0. The van der Waals surface area contributed by atoms with Crippen LogP contribution < -0.4 is 10.6 Å². The molecular weight excluding hydrogens is 396 g/mol. The van der Waals surface area contributed by atoms with Gasteiger partial charge in [0, 0.05) is 13.1 Å². The Labute approximate surface area is 154 Å². The summed E-state index contributed by atoms with van der Waals surface area (Å²) in [5.41, 5.74) is -4.34. The molecule has 2 N–H and O–H groups in total. The maximum atomic E-state index is 13.8. The molecule has 0 saturated heterocycles. The van der Waals surface area contributed by atoms with Gasteiger partial charge in [-0.05, 0) is 0 Å². The lowest BCUT2D eigenvalue weighted by atomic mass is 10.1. The molecule has 2 aromatic rings. The average Bonchev–Trinajstić information content (AvgIpc) is 2.67. The van der Waals surface area contributed by atoms with E-state index in [1.807, 2.05) is 10.6 Å². The number of hydrogen-bond donors (Lipinski definition) is 2. The lowest BCUT2D eigenvalue weighted by Crippen LogP contribution is -2.19. The van der Waals surface area contributed by atoms with E-state index in [4.69, 9.17) is 0 Å². The van der Waals surface area contributed by atoms with E-state index in [1.165, 1.54) is 0 Å². The van der Waals surface area contributed by atoms with Gasteiger partial charge in [-0.2, -0.15) is 0 Å². The van der Waals surface area contributed by atoms with Crippen molar-refractivity contribution in [2.24, 2.45) is 0 Å². The fourth-order valence-corrected chi connectivity index (χ4v) is 2.34. The first-order valence-corrected chi connectivity index (χ1v) is 7.61. The van der Waals surface area contributed by atoms with E-state index >= 15 is 0 Å². The van der Waals surface area contributed by atoms with Crippen molar-refractivity contribution >= 4 is 23.5 Å². The van der Waals surface area contributed by atoms with Crippen LogP contribution >= 0.6 is 0 Å². The third-order valence-corrected chi connectivity index (χ3v) is 3.73. The quantitative estimate of drug-likeness (QED) is 0.354. The molecule has 2 aromatic carbocycles. The highest BCUT2D eigenvalue weighted by atomic mass is 19.2. The van der Waals surface area contributed by atoms with Gasteiger partial charge in [-0.15, -0.1) is 0 Å². The summed E-state index contributed by atoms with van der Waals surface area (Å²) in [5.74, 6) is -13.7. The second-order valence-electron chi connectivity index (χ2n) is 5.35. The van der Waals surface area contributed by atoms with Crippen LogP contribution in [0.3, 0.4) is 0 Å². The van der Waals surface area contributed by atoms with E-state index in [0.717, 1.165) is 0 Å². The molecule has 28 heavy (non-hydrogen) atoms. The molecule has 0 unspecified atom stereocenters. The molecule has 0 heterocycles. The highest BCUT2D eigenvalue weighted by Gasteiger charge is 2.25. The van der Waals surface area contributed by atoms with Crippen LogP contribution in [0.4, 0.5) is 46.5 Å². The van der Waals surface area contributed by atoms with E-state index in [2.05, 4.69) is 13.2 Å². The molecule has 10 heteroatoms. The van der Waals surface area contributed by atoms with Crippen LogP contribution in [-0.2, 0) is 0 Å². The van der Waals surface area contributed by atoms with E-state index < -0.39 is 82.1 Å². The number of benzene rings is 2. The maximum absolute atomic E-state index is 13.8. The Morgan fingerprint density at radius 1 is 0.500 bits per heavy atom. The predicted octanol–water partition coefficient (Wildman–Crippen LogP) is 5.61. The van der Waals surface area contributed by atoms with E-state index in [9.17, 15) is 35.1 Å². The molecular formula is C18H12F8N2. The summed E-state index contributed by atoms with van der Waals surface area (Å²) in [6, 6.07) is 0. The minimum Gasteiger partial charge on any atom is -0.378 e. The minimum absolute atomic E-state index is 0.522. The van der Waals surface area contributed by atoms with Crippen molar-refractivity contribution in [2.75, 3.05) is 23.7 Å². The highest BCUT2D eigenvalue weighted by molar-refractivity contribution is 5.59. The Hall–Kier alpha value is -3.04. The Balaban J connectivity index is 2.19. The van der Waals surface area contributed by atoms with Crippen LogP contribution in [-0.4, -0.2) is 13.1 Å². The van der Waals surface area contributed by atoms with Gasteiger partial charge in [0.15, 0.2) is 46.5 Å². The molecule has 0 spiro atoms. The maximum Gasteiger partial charge on any atom is 0.185 e. The molecule has 0 aliphatic rings. The van der Waals surface area contributed by atoms with Crippen LogP contribution in [0, 0.1) is 46.5 Å². The van der Waals surface area contributed by atoms with Crippen LogP contribution in [0.2, 0.25) is 0 Å². The number of nitrogens with one attached hydrogen (secondary N) is 2. The zero-order valence-electron chi connectivity index (χ0n) is 14.0. The molecule has 2 rings (SSSR count). The normalized spacial score (nSPS) is 10.7. The number of hydrogen-bond acceptors (Lipinski definition) is 2. The summed E-state index contributed by atoms with van der Waals surface area (Å²) in [6.07, 6.45) is 1.17. The molecule has 0 atom stereocenters. The van der Waals surface area contributed by atoms with Gasteiger partial charge in [0.2, 0.25) is 0 Å². The molecule has 0 saturated carbocycles. The Morgan fingerprint density at radius 2 is 0.750 bits per heavy atom. The lowest BCUT2D eigenvalue weighted by Gasteiger charge is -2.14. The van der Waals surface area contributed by atoms with Crippen molar-refractivity contribution < 1.29 is 35.1 Å². The fourth-order valence-electron chi connectivity index (χ4n) is 2.34. The predicted molar refractivity (Wildman–Crippen MR) is 89.7 cm³/mol. The lowest BCUT2D eigenvalue weighted by molar-refractivity contribution is 0.454. The highest BCUT2D eigenvalue weighted by Crippen LogP contribution is 2.30.